The first kappa shape index (κ1) is 10.9. The summed E-state index contributed by atoms with van der Waals surface area (Å²) in [7, 11) is 0. The molecule has 2 nitrogen and oxygen atoms in total. The lowest BCUT2D eigenvalue weighted by Gasteiger charge is -2.20. The van der Waals surface area contributed by atoms with Gasteiger partial charge >= 0.3 is 0 Å². The summed E-state index contributed by atoms with van der Waals surface area (Å²) in [5.74, 6) is 0.778. The van der Waals surface area contributed by atoms with Crippen LogP contribution in [0.3, 0.4) is 0 Å². The van der Waals surface area contributed by atoms with Gasteiger partial charge in [-0.05, 0) is 30.0 Å². The predicted octanol–water partition coefficient (Wildman–Crippen LogP) is 3.09. The highest BCUT2D eigenvalue weighted by molar-refractivity contribution is 5.43. The second kappa shape index (κ2) is 3.91. The van der Waals surface area contributed by atoms with Gasteiger partial charge in [0, 0.05) is 0 Å². The third-order valence-electron chi connectivity index (χ3n) is 2.13. The highest BCUT2D eigenvalue weighted by Crippen LogP contribution is 2.32. The van der Waals surface area contributed by atoms with Gasteiger partial charge in [0.2, 0.25) is 0 Å². The Morgan fingerprint density at radius 3 is 2.43 bits per heavy atom. The van der Waals surface area contributed by atoms with Crippen molar-refractivity contribution in [2.24, 2.45) is 0 Å². The van der Waals surface area contributed by atoms with Crippen LogP contribution in [0, 0.1) is 0 Å². The molecule has 1 aromatic rings. The van der Waals surface area contributed by atoms with Gasteiger partial charge in [0.15, 0.2) is 11.5 Å². The molecule has 78 valence electrons. The van der Waals surface area contributed by atoms with E-state index in [-0.39, 0.29) is 11.2 Å². The molecule has 0 atom stereocenters. The van der Waals surface area contributed by atoms with Gasteiger partial charge in [0.1, 0.15) is 0 Å². The number of benzene rings is 1. The molecule has 0 spiro atoms. The van der Waals surface area contributed by atoms with Crippen molar-refractivity contribution in [2.45, 2.75) is 33.1 Å². The quantitative estimate of drug-likeness (QED) is 0.784. The largest absolute Gasteiger partial charge is 0.504 e. The lowest BCUT2D eigenvalue weighted by Crippen LogP contribution is -2.11. The van der Waals surface area contributed by atoms with E-state index in [9.17, 15) is 5.11 Å². The molecule has 0 aliphatic rings. The summed E-state index contributed by atoms with van der Waals surface area (Å²) in [5.41, 5.74) is 1.25. The van der Waals surface area contributed by atoms with Crippen LogP contribution in [0.2, 0.25) is 0 Å². The smallest absolute Gasteiger partial charge is 0.161 e. The Morgan fingerprint density at radius 1 is 1.29 bits per heavy atom. The maximum absolute atomic E-state index is 9.51. The molecule has 2 heteroatoms. The fraction of sp³-hybridized carbons (Fsp3) is 0.500. The zero-order valence-corrected chi connectivity index (χ0v) is 9.29. The minimum absolute atomic E-state index is 0.0829. The molecule has 1 N–H and O–H groups in total. The van der Waals surface area contributed by atoms with Crippen LogP contribution >= 0.6 is 0 Å². The van der Waals surface area contributed by atoms with E-state index >= 15 is 0 Å². The van der Waals surface area contributed by atoms with Gasteiger partial charge in [0.25, 0.3) is 0 Å². The van der Waals surface area contributed by atoms with E-state index in [1.165, 1.54) is 5.56 Å². The molecule has 1 aromatic carbocycles. The van der Waals surface area contributed by atoms with Crippen LogP contribution in [0.25, 0.3) is 0 Å². The van der Waals surface area contributed by atoms with Gasteiger partial charge in [-0.25, -0.2) is 0 Å². The fourth-order valence-corrected chi connectivity index (χ4v) is 1.25. The summed E-state index contributed by atoms with van der Waals surface area (Å²) in [6.45, 7) is 8.88. The van der Waals surface area contributed by atoms with Crippen molar-refractivity contribution >= 4 is 0 Å². The molecule has 0 aromatic heterocycles. The van der Waals surface area contributed by atoms with Crippen LogP contribution in [0.1, 0.15) is 33.3 Å². The first-order valence-electron chi connectivity index (χ1n) is 4.91. The van der Waals surface area contributed by atoms with E-state index in [4.69, 9.17) is 4.74 Å². The number of hydrogen-bond acceptors (Lipinski definition) is 2. The Bertz CT molecular complexity index is 311. The Labute approximate surface area is 85.5 Å². The molecule has 0 amide bonds. The van der Waals surface area contributed by atoms with Crippen molar-refractivity contribution in [1.82, 2.24) is 0 Å². The van der Waals surface area contributed by atoms with Crippen molar-refractivity contribution < 1.29 is 9.84 Å². The normalized spacial score (nSPS) is 11.4. The summed E-state index contributed by atoms with van der Waals surface area (Å²) in [5, 5.41) is 9.51. The third kappa shape index (κ3) is 2.41. The molecule has 0 heterocycles. The summed E-state index contributed by atoms with van der Waals surface area (Å²) < 4.78 is 5.32. The number of rotatable bonds is 2. The topological polar surface area (TPSA) is 29.5 Å². The summed E-state index contributed by atoms with van der Waals surface area (Å²) >= 11 is 0. The van der Waals surface area contributed by atoms with E-state index in [1.807, 2.05) is 19.1 Å². The molecule has 0 unspecified atom stereocenters. The van der Waals surface area contributed by atoms with Crippen molar-refractivity contribution in [3.8, 4) is 11.5 Å². The van der Waals surface area contributed by atoms with E-state index in [1.54, 1.807) is 6.07 Å². The monoisotopic (exact) mass is 194 g/mol. The molecule has 0 saturated heterocycles. The van der Waals surface area contributed by atoms with Crippen molar-refractivity contribution in [1.29, 1.82) is 0 Å². The summed E-state index contributed by atoms with van der Waals surface area (Å²) in [6, 6.07) is 5.52. The first-order chi connectivity index (χ1) is 6.45. The molecule has 0 radical (unpaired) electrons. The Hall–Kier alpha value is -1.18. The lowest BCUT2D eigenvalue weighted by atomic mass is 9.87. The first-order valence-corrected chi connectivity index (χ1v) is 4.91. The average molecular weight is 194 g/mol. The fourth-order valence-electron chi connectivity index (χ4n) is 1.25. The molecule has 0 aliphatic heterocycles. The van der Waals surface area contributed by atoms with Gasteiger partial charge in [-0.2, -0.15) is 0 Å². The van der Waals surface area contributed by atoms with Crippen LogP contribution in [-0.4, -0.2) is 11.7 Å². The zero-order chi connectivity index (χ0) is 10.8. The van der Waals surface area contributed by atoms with E-state index in [0.717, 1.165) is 0 Å². The van der Waals surface area contributed by atoms with Crippen LogP contribution in [0.4, 0.5) is 0 Å². The van der Waals surface area contributed by atoms with Crippen LogP contribution < -0.4 is 4.74 Å². The second-order valence-electron chi connectivity index (χ2n) is 4.37. The van der Waals surface area contributed by atoms with Gasteiger partial charge < -0.3 is 9.84 Å². The maximum Gasteiger partial charge on any atom is 0.161 e. The summed E-state index contributed by atoms with van der Waals surface area (Å²) in [6.07, 6.45) is 0. The molecular formula is C12H18O2. The van der Waals surface area contributed by atoms with Crippen molar-refractivity contribution in [3.05, 3.63) is 23.8 Å². The van der Waals surface area contributed by atoms with E-state index < -0.39 is 0 Å². The van der Waals surface area contributed by atoms with Crippen molar-refractivity contribution in [3.63, 3.8) is 0 Å². The standard InChI is InChI=1S/C12H18O2/c1-5-14-11-8-9(12(2,3)4)6-7-10(11)13/h6-8,13H,5H2,1-4H3. The van der Waals surface area contributed by atoms with Gasteiger partial charge in [-0.15, -0.1) is 0 Å². The molecule has 0 bridgehead atoms. The number of phenols is 1. The Balaban J connectivity index is 3.06. The van der Waals surface area contributed by atoms with Crippen LogP contribution in [-0.2, 0) is 5.41 Å². The molecule has 14 heavy (non-hydrogen) atoms. The minimum atomic E-state index is 0.0829. The molecule has 0 saturated carbocycles. The third-order valence-corrected chi connectivity index (χ3v) is 2.13. The Morgan fingerprint density at radius 2 is 1.93 bits per heavy atom. The van der Waals surface area contributed by atoms with Crippen molar-refractivity contribution in [2.75, 3.05) is 6.61 Å². The number of aromatic hydroxyl groups is 1. The average Bonchev–Trinajstić information content (AvgIpc) is 2.07. The predicted molar refractivity (Wildman–Crippen MR) is 58.0 cm³/mol. The SMILES string of the molecule is CCOc1cc(C(C)(C)C)ccc1O. The maximum atomic E-state index is 9.51. The van der Waals surface area contributed by atoms with E-state index in [2.05, 4.69) is 20.8 Å². The minimum Gasteiger partial charge on any atom is -0.504 e. The number of ether oxygens (including phenoxy) is 1. The highest BCUT2D eigenvalue weighted by Gasteiger charge is 2.15. The summed E-state index contributed by atoms with van der Waals surface area (Å²) in [4.78, 5) is 0. The zero-order valence-electron chi connectivity index (χ0n) is 9.29. The highest BCUT2D eigenvalue weighted by atomic mass is 16.5. The van der Waals surface area contributed by atoms with E-state index in [0.29, 0.717) is 12.4 Å². The molecular weight excluding hydrogens is 176 g/mol. The Kier molecular flexibility index (Phi) is 3.04. The lowest BCUT2D eigenvalue weighted by molar-refractivity contribution is 0.317. The van der Waals surface area contributed by atoms with Crippen LogP contribution in [0.15, 0.2) is 18.2 Å². The van der Waals surface area contributed by atoms with Gasteiger partial charge in [-0.3, -0.25) is 0 Å². The van der Waals surface area contributed by atoms with Crippen LogP contribution in [0.5, 0.6) is 11.5 Å². The molecule has 0 fully saturated rings. The van der Waals surface area contributed by atoms with Gasteiger partial charge in [0.05, 0.1) is 6.61 Å². The number of phenolic OH excluding ortho intramolecular Hbond substituents is 1. The number of hydrogen-bond donors (Lipinski definition) is 1. The molecule has 0 aliphatic carbocycles. The second-order valence-corrected chi connectivity index (χ2v) is 4.37. The molecule has 1 rings (SSSR count). The van der Waals surface area contributed by atoms with Gasteiger partial charge in [-0.1, -0.05) is 26.8 Å².